The van der Waals surface area contributed by atoms with Crippen LogP contribution in [0.2, 0.25) is 0 Å². The Hall–Kier alpha value is -0.570. The van der Waals surface area contributed by atoms with Gasteiger partial charge >= 0.3 is 5.97 Å². The van der Waals surface area contributed by atoms with Crippen LogP contribution in [0, 0.1) is 11.8 Å². The van der Waals surface area contributed by atoms with Crippen molar-refractivity contribution in [3.05, 3.63) is 0 Å². The van der Waals surface area contributed by atoms with Gasteiger partial charge in [-0.05, 0) is 37.6 Å². The maximum absolute atomic E-state index is 11.4. The van der Waals surface area contributed by atoms with Crippen LogP contribution in [-0.4, -0.2) is 34.6 Å². The summed E-state index contributed by atoms with van der Waals surface area (Å²) in [5, 5.41) is 9.37. The molecule has 4 atom stereocenters. The average Bonchev–Trinajstić information content (AvgIpc) is 2.71. The van der Waals surface area contributed by atoms with E-state index in [0.29, 0.717) is 12.0 Å². The predicted molar refractivity (Wildman–Crippen MR) is 67.9 cm³/mol. The van der Waals surface area contributed by atoms with Gasteiger partial charge in [-0.25, -0.2) is 0 Å². The van der Waals surface area contributed by atoms with Crippen LogP contribution in [0.15, 0.2) is 0 Å². The molecule has 0 amide bonds. The number of carboxylic acid groups (broad SMARTS) is 1. The summed E-state index contributed by atoms with van der Waals surface area (Å²) in [5.41, 5.74) is 0. The number of hydrogen-bond donors (Lipinski definition) is 1. The molecule has 17 heavy (non-hydrogen) atoms. The van der Waals surface area contributed by atoms with Gasteiger partial charge in [-0.1, -0.05) is 33.1 Å². The Morgan fingerprint density at radius 2 is 2.12 bits per heavy atom. The summed E-state index contributed by atoms with van der Waals surface area (Å²) in [6, 6.07) is 0.301. The van der Waals surface area contributed by atoms with E-state index in [-0.39, 0.29) is 6.04 Å². The molecule has 0 radical (unpaired) electrons. The van der Waals surface area contributed by atoms with Crippen LogP contribution in [0.4, 0.5) is 0 Å². The topological polar surface area (TPSA) is 40.5 Å². The number of carbonyl (C=O) groups is 1. The lowest BCUT2D eigenvalue weighted by Crippen LogP contribution is -2.46. The number of carboxylic acids is 1. The van der Waals surface area contributed by atoms with E-state index < -0.39 is 5.97 Å². The number of likely N-dealkylation sites (tertiary alicyclic amines) is 1. The van der Waals surface area contributed by atoms with Gasteiger partial charge in [0.25, 0.3) is 0 Å². The summed E-state index contributed by atoms with van der Waals surface area (Å²) < 4.78 is 0. The van der Waals surface area contributed by atoms with E-state index in [1.54, 1.807) is 0 Å². The van der Waals surface area contributed by atoms with Crippen LogP contribution in [0.5, 0.6) is 0 Å². The van der Waals surface area contributed by atoms with Crippen molar-refractivity contribution in [3.8, 4) is 0 Å². The van der Waals surface area contributed by atoms with Gasteiger partial charge in [-0.3, -0.25) is 9.69 Å². The van der Waals surface area contributed by atoms with Gasteiger partial charge in [0, 0.05) is 6.04 Å². The molecule has 0 spiro atoms. The van der Waals surface area contributed by atoms with Crippen LogP contribution in [-0.2, 0) is 4.79 Å². The van der Waals surface area contributed by atoms with Crippen molar-refractivity contribution in [1.82, 2.24) is 4.90 Å². The zero-order chi connectivity index (χ0) is 12.4. The fourth-order valence-corrected chi connectivity index (χ4v) is 3.71. The lowest BCUT2D eigenvalue weighted by atomic mass is 9.83. The molecule has 0 aromatic heterocycles. The van der Waals surface area contributed by atoms with E-state index in [1.807, 2.05) is 0 Å². The smallest absolute Gasteiger partial charge is 0.321 e. The molecule has 1 saturated carbocycles. The SMILES string of the molecule is CCC1CCCC(N2CCC(C)C2C(=O)O)C1. The highest BCUT2D eigenvalue weighted by atomic mass is 16.4. The molecule has 0 aromatic rings. The molecule has 0 aromatic carbocycles. The van der Waals surface area contributed by atoms with Gasteiger partial charge < -0.3 is 5.11 Å². The molecule has 1 N–H and O–H groups in total. The van der Waals surface area contributed by atoms with Gasteiger partial charge in [0.05, 0.1) is 0 Å². The van der Waals surface area contributed by atoms with Crippen LogP contribution < -0.4 is 0 Å². The summed E-state index contributed by atoms with van der Waals surface area (Å²) in [6.45, 7) is 5.33. The van der Waals surface area contributed by atoms with Crippen molar-refractivity contribution in [2.75, 3.05) is 6.54 Å². The molecule has 3 nitrogen and oxygen atoms in total. The van der Waals surface area contributed by atoms with Crippen molar-refractivity contribution in [2.45, 2.75) is 64.5 Å². The summed E-state index contributed by atoms with van der Waals surface area (Å²) in [4.78, 5) is 13.7. The second-order valence-electron chi connectivity index (χ2n) is 5.88. The van der Waals surface area contributed by atoms with E-state index in [9.17, 15) is 9.90 Å². The molecular weight excluding hydrogens is 214 g/mol. The lowest BCUT2D eigenvalue weighted by Gasteiger charge is -2.37. The van der Waals surface area contributed by atoms with Crippen molar-refractivity contribution in [2.24, 2.45) is 11.8 Å². The number of nitrogens with zero attached hydrogens (tertiary/aromatic N) is 1. The molecule has 2 fully saturated rings. The molecule has 3 heteroatoms. The summed E-state index contributed by atoms with van der Waals surface area (Å²) in [6.07, 6.45) is 7.33. The fraction of sp³-hybridized carbons (Fsp3) is 0.929. The summed E-state index contributed by atoms with van der Waals surface area (Å²) >= 11 is 0. The Bertz CT molecular complexity index is 279. The lowest BCUT2D eigenvalue weighted by molar-refractivity contribution is -0.144. The minimum Gasteiger partial charge on any atom is -0.480 e. The molecule has 2 aliphatic rings. The van der Waals surface area contributed by atoms with Crippen molar-refractivity contribution >= 4 is 5.97 Å². The standard InChI is InChI=1S/C14H25NO2/c1-3-11-5-4-6-12(9-11)15-8-7-10(2)13(15)14(16)17/h10-13H,3-9H2,1-2H3,(H,16,17). The Kier molecular flexibility index (Phi) is 4.08. The highest BCUT2D eigenvalue weighted by Crippen LogP contribution is 2.35. The normalized spacial score (nSPS) is 39.4. The zero-order valence-electron chi connectivity index (χ0n) is 11.1. The zero-order valence-corrected chi connectivity index (χ0v) is 11.1. The van der Waals surface area contributed by atoms with Crippen molar-refractivity contribution < 1.29 is 9.90 Å². The quantitative estimate of drug-likeness (QED) is 0.823. The van der Waals surface area contributed by atoms with E-state index in [0.717, 1.165) is 18.9 Å². The molecule has 2 rings (SSSR count). The number of rotatable bonds is 3. The first kappa shape index (κ1) is 12.9. The van der Waals surface area contributed by atoms with Gasteiger partial charge in [0.1, 0.15) is 6.04 Å². The molecule has 0 bridgehead atoms. The maximum atomic E-state index is 11.4. The molecule has 98 valence electrons. The van der Waals surface area contributed by atoms with E-state index in [2.05, 4.69) is 18.7 Å². The molecule has 4 unspecified atom stereocenters. The van der Waals surface area contributed by atoms with Crippen LogP contribution >= 0.6 is 0 Å². The average molecular weight is 239 g/mol. The first-order valence-corrected chi connectivity index (χ1v) is 7.12. The van der Waals surface area contributed by atoms with E-state index in [1.165, 1.54) is 32.1 Å². The second-order valence-corrected chi connectivity index (χ2v) is 5.88. The third-order valence-corrected chi connectivity index (χ3v) is 4.79. The summed E-state index contributed by atoms with van der Waals surface area (Å²) in [5.74, 6) is 0.516. The second kappa shape index (κ2) is 5.38. The van der Waals surface area contributed by atoms with Crippen molar-refractivity contribution in [1.29, 1.82) is 0 Å². The summed E-state index contributed by atoms with van der Waals surface area (Å²) in [7, 11) is 0. The van der Waals surface area contributed by atoms with E-state index >= 15 is 0 Å². The highest BCUT2D eigenvalue weighted by Gasteiger charge is 2.41. The van der Waals surface area contributed by atoms with Gasteiger partial charge in [0.15, 0.2) is 0 Å². The molecular formula is C14H25NO2. The van der Waals surface area contributed by atoms with E-state index in [4.69, 9.17) is 0 Å². The third kappa shape index (κ3) is 2.65. The van der Waals surface area contributed by atoms with Gasteiger partial charge in [0.2, 0.25) is 0 Å². The monoisotopic (exact) mass is 239 g/mol. The van der Waals surface area contributed by atoms with Gasteiger partial charge in [-0.2, -0.15) is 0 Å². The molecule has 1 heterocycles. The van der Waals surface area contributed by atoms with Crippen LogP contribution in [0.3, 0.4) is 0 Å². The fourth-order valence-electron chi connectivity index (χ4n) is 3.71. The minimum atomic E-state index is -0.617. The molecule has 1 saturated heterocycles. The number of aliphatic carboxylic acids is 1. The first-order chi connectivity index (χ1) is 8.13. The Labute approximate surface area is 104 Å². The Morgan fingerprint density at radius 3 is 2.76 bits per heavy atom. The Morgan fingerprint density at radius 1 is 1.35 bits per heavy atom. The number of hydrogen-bond acceptors (Lipinski definition) is 2. The first-order valence-electron chi connectivity index (χ1n) is 7.12. The highest BCUT2D eigenvalue weighted by molar-refractivity contribution is 5.74. The minimum absolute atomic E-state index is 0.226. The third-order valence-electron chi connectivity index (χ3n) is 4.79. The Balaban J connectivity index is 2.03. The maximum Gasteiger partial charge on any atom is 0.321 e. The largest absolute Gasteiger partial charge is 0.480 e. The van der Waals surface area contributed by atoms with Crippen molar-refractivity contribution in [3.63, 3.8) is 0 Å². The van der Waals surface area contributed by atoms with Gasteiger partial charge in [-0.15, -0.1) is 0 Å². The molecule has 1 aliphatic carbocycles. The van der Waals surface area contributed by atoms with Crippen LogP contribution in [0.25, 0.3) is 0 Å². The van der Waals surface area contributed by atoms with Crippen LogP contribution in [0.1, 0.15) is 52.4 Å². The molecule has 1 aliphatic heterocycles. The predicted octanol–water partition coefficient (Wildman–Crippen LogP) is 2.75.